The fraction of sp³-hybridized carbons (Fsp3) is 0.568. The lowest BCUT2D eigenvalue weighted by atomic mass is 9.91. The highest BCUT2D eigenvalue weighted by Gasteiger charge is 2.42. The maximum absolute atomic E-state index is 14.3. The molecule has 3 atom stereocenters. The van der Waals surface area contributed by atoms with E-state index < -0.39 is 17.7 Å². The fourth-order valence-electron chi connectivity index (χ4n) is 6.44. The smallest absolute Gasteiger partial charge is 0.410 e. The van der Waals surface area contributed by atoms with Crippen LogP contribution in [0.5, 0.6) is 0 Å². The molecule has 0 saturated carbocycles. The number of carbonyl (C=O) groups is 2. The summed E-state index contributed by atoms with van der Waals surface area (Å²) in [4.78, 5) is 42.8. The van der Waals surface area contributed by atoms with Crippen LogP contribution in [0.3, 0.4) is 0 Å². The minimum absolute atomic E-state index is 0.136. The van der Waals surface area contributed by atoms with Gasteiger partial charge in [0.05, 0.1) is 18.1 Å². The van der Waals surface area contributed by atoms with E-state index in [0.29, 0.717) is 36.4 Å². The second-order valence-electron chi connectivity index (χ2n) is 13.4. The molecule has 1 N–H and O–H groups in total. The number of allylic oxidation sites excluding steroid dienone is 7. The molecule has 48 heavy (non-hydrogen) atoms. The van der Waals surface area contributed by atoms with Crippen LogP contribution in [-0.2, 0) is 9.53 Å². The number of halogens is 2. The Morgan fingerprint density at radius 1 is 1.23 bits per heavy atom. The first-order valence-electron chi connectivity index (χ1n) is 17.0. The van der Waals surface area contributed by atoms with Crippen LogP contribution in [0, 0.1) is 0 Å². The lowest BCUT2D eigenvalue weighted by molar-refractivity contribution is -0.129. The van der Waals surface area contributed by atoms with Crippen molar-refractivity contribution in [2.24, 2.45) is 9.98 Å². The van der Waals surface area contributed by atoms with Gasteiger partial charge in [-0.1, -0.05) is 71.8 Å². The van der Waals surface area contributed by atoms with Gasteiger partial charge in [-0.15, -0.1) is 0 Å². The summed E-state index contributed by atoms with van der Waals surface area (Å²) in [6, 6.07) is -0.785. The Morgan fingerprint density at radius 2 is 2.00 bits per heavy atom. The highest BCUT2D eigenvalue weighted by molar-refractivity contribution is 9.09. The van der Waals surface area contributed by atoms with Crippen molar-refractivity contribution >= 4 is 52.1 Å². The third-order valence-corrected chi connectivity index (χ3v) is 9.22. The van der Waals surface area contributed by atoms with Gasteiger partial charge in [0.15, 0.2) is 0 Å². The highest BCUT2D eigenvalue weighted by atomic mass is 79.9. The second-order valence-corrected chi connectivity index (χ2v) is 14.5. The van der Waals surface area contributed by atoms with Gasteiger partial charge in [0.2, 0.25) is 5.91 Å². The predicted octanol–water partition coefficient (Wildman–Crippen LogP) is 7.52. The molecule has 1 fully saturated rings. The molecule has 0 aromatic heterocycles. The zero-order valence-electron chi connectivity index (χ0n) is 29.4. The number of ether oxygens (including phenoxy) is 1. The van der Waals surface area contributed by atoms with Crippen molar-refractivity contribution in [2.45, 2.75) is 96.4 Å². The van der Waals surface area contributed by atoms with Crippen molar-refractivity contribution in [1.29, 1.82) is 0 Å². The summed E-state index contributed by atoms with van der Waals surface area (Å²) in [5.74, 6) is -0.136. The van der Waals surface area contributed by atoms with Crippen LogP contribution in [0.1, 0.15) is 72.6 Å². The van der Waals surface area contributed by atoms with Crippen LogP contribution >= 0.6 is 27.5 Å². The van der Waals surface area contributed by atoms with Gasteiger partial charge in [0, 0.05) is 62.0 Å². The Hall–Kier alpha value is -2.95. The lowest BCUT2D eigenvalue weighted by Gasteiger charge is -2.45. The van der Waals surface area contributed by atoms with Gasteiger partial charge in [-0.3, -0.25) is 14.7 Å². The number of amides is 2. The number of nitrogens with zero attached hydrogens (tertiary/aromatic N) is 5. The van der Waals surface area contributed by atoms with Gasteiger partial charge in [-0.2, -0.15) is 0 Å². The van der Waals surface area contributed by atoms with Gasteiger partial charge in [0.25, 0.3) is 0 Å². The minimum atomic E-state index is -0.655. The van der Waals surface area contributed by atoms with E-state index in [1.54, 1.807) is 11.2 Å². The van der Waals surface area contributed by atoms with Crippen molar-refractivity contribution in [3.05, 3.63) is 71.1 Å². The molecule has 1 aliphatic heterocycles. The van der Waals surface area contributed by atoms with Crippen LogP contribution in [0.15, 0.2) is 81.1 Å². The number of hydrogen-bond acceptors (Lipinski definition) is 6. The van der Waals surface area contributed by atoms with E-state index in [1.807, 2.05) is 46.2 Å². The summed E-state index contributed by atoms with van der Waals surface area (Å²) in [7, 11) is 2.00. The van der Waals surface area contributed by atoms with E-state index in [2.05, 4.69) is 68.3 Å². The predicted molar refractivity (Wildman–Crippen MR) is 203 cm³/mol. The fourth-order valence-corrected chi connectivity index (χ4v) is 6.80. The molecule has 11 heteroatoms. The van der Waals surface area contributed by atoms with Crippen molar-refractivity contribution in [2.75, 3.05) is 38.6 Å². The van der Waals surface area contributed by atoms with Crippen molar-refractivity contribution in [1.82, 2.24) is 20.0 Å². The lowest BCUT2D eigenvalue weighted by Crippen LogP contribution is -2.63. The number of aliphatic imine (C=N–C) groups is 2. The molecule has 2 amide bonds. The molecular formula is C37H54BrClN6O3. The van der Waals surface area contributed by atoms with Gasteiger partial charge in [-0.25, -0.2) is 9.79 Å². The van der Waals surface area contributed by atoms with Crippen LogP contribution in [0.2, 0.25) is 0 Å². The largest absolute Gasteiger partial charge is 0.444 e. The van der Waals surface area contributed by atoms with Crippen molar-refractivity contribution in [3.8, 4) is 0 Å². The summed E-state index contributed by atoms with van der Waals surface area (Å²) in [5.41, 5.74) is 3.63. The summed E-state index contributed by atoms with van der Waals surface area (Å²) >= 11 is 10.1. The third-order valence-electron chi connectivity index (χ3n) is 8.70. The third kappa shape index (κ3) is 11.6. The van der Waals surface area contributed by atoms with E-state index in [9.17, 15) is 9.59 Å². The summed E-state index contributed by atoms with van der Waals surface area (Å²) in [6.45, 7) is 17.1. The first-order chi connectivity index (χ1) is 22.9. The van der Waals surface area contributed by atoms with Crippen LogP contribution in [0.25, 0.3) is 0 Å². The van der Waals surface area contributed by atoms with Gasteiger partial charge >= 0.3 is 6.09 Å². The first kappa shape index (κ1) is 39.5. The number of fused-ring (bicyclic) bond motifs is 2. The molecule has 1 saturated heterocycles. The number of rotatable bonds is 13. The SMILES string of the molecule is C=CN=CN(C)C(CCC)CCNC(=O)[C@H]1CN(C(=O)OC(C)(C)C)CCN1C1C2=CC=C(Cl)C=C(CCC/C(C=C)=C\1N=CCBr)C2. The molecule has 0 aromatic rings. The molecule has 2 unspecified atom stereocenters. The standard InChI is InChI=1S/C37H54BrClN6O3/c1-8-12-31(43(7)26-40-10-3)17-19-42-35(46)32-25-44(36(47)48-37(4,5)6)21-22-45(32)34-29-15-16-30(39)24-27(23-29)13-11-14-28(9-2)33(34)41-20-18-38/h9-10,15-16,20,24,26,31-32,34H,2-3,8,11-14,17-19,21-23,25H2,1,4-7H3,(H,42,46)/b33-28+,40-26?,41-20?/t31?,32-,34?/m1/s1. The zero-order valence-corrected chi connectivity index (χ0v) is 31.7. The molecule has 264 valence electrons. The summed E-state index contributed by atoms with van der Waals surface area (Å²) in [6.07, 6.45) is 18.8. The Kier molecular flexibility index (Phi) is 15.9. The van der Waals surface area contributed by atoms with Crippen LogP contribution in [-0.4, -0.2) is 102 Å². The number of hydrogen-bond donors (Lipinski definition) is 1. The Labute approximate surface area is 301 Å². The molecule has 9 nitrogen and oxygen atoms in total. The minimum Gasteiger partial charge on any atom is -0.444 e. The quantitative estimate of drug-likeness (QED) is 0.120. The molecule has 3 rings (SSSR count). The molecule has 2 aliphatic carbocycles. The molecule has 2 bridgehead atoms. The first-order valence-corrected chi connectivity index (χ1v) is 18.5. The topological polar surface area (TPSA) is 89.8 Å². The van der Waals surface area contributed by atoms with Crippen LogP contribution < -0.4 is 5.32 Å². The highest BCUT2D eigenvalue weighted by Crippen LogP contribution is 2.37. The number of carbonyl (C=O) groups excluding carboxylic acids is 2. The molecular weight excluding hydrogens is 692 g/mol. The zero-order chi connectivity index (χ0) is 35.3. The molecule has 3 aliphatic rings. The Bertz CT molecular complexity index is 1340. The van der Waals surface area contributed by atoms with Gasteiger partial charge in [-0.05, 0) is 82.6 Å². The Morgan fingerprint density at radius 3 is 2.67 bits per heavy atom. The average molecular weight is 746 g/mol. The molecule has 0 spiro atoms. The van der Waals surface area contributed by atoms with E-state index in [-0.39, 0.29) is 24.5 Å². The van der Waals surface area contributed by atoms with E-state index in [4.69, 9.17) is 21.3 Å². The summed E-state index contributed by atoms with van der Waals surface area (Å²) in [5, 5.41) is 4.51. The van der Waals surface area contributed by atoms with E-state index in [0.717, 1.165) is 55.4 Å². The Balaban J connectivity index is 2.05. The van der Waals surface area contributed by atoms with E-state index >= 15 is 0 Å². The maximum atomic E-state index is 14.3. The monoisotopic (exact) mass is 744 g/mol. The van der Waals surface area contributed by atoms with Gasteiger partial charge in [0.1, 0.15) is 11.6 Å². The van der Waals surface area contributed by atoms with Crippen molar-refractivity contribution < 1.29 is 14.3 Å². The number of nitrogens with one attached hydrogen (secondary N) is 1. The van der Waals surface area contributed by atoms with Crippen LogP contribution in [0.4, 0.5) is 4.79 Å². The number of alkyl halides is 1. The maximum Gasteiger partial charge on any atom is 0.410 e. The molecule has 0 aromatic carbocycles. The van der Waals surface area contributed by atoms with Crippen molar-refractivity contribution in [3.63, 3.8) is 0 Å². The summed E-state index contributed by atoms with van der Waals surface area (Å²) < 4.78 is 5.76. The second kappa shape index (κ2) is 19.3. The number of piperazine rings is 1. The van der Waals surface area contributed by atoms with Gasteiger partial charge < -0.3 is 19.9 Å². The normalized spacial score (nSPS) is 23.2. The van der Waals surface area contributed by atoms with E-state index in [1.165, 1.54) is 11.8 Å². The molecule has 0 radical (unpaired) electrons. The average Bonchev–Trinajstić information content (AvgIpc) is 3.18. The molecule has 1 heterocycles.